The molecule has 1 rings (SSSR count). The Labute approximate surface area is 92.0 Å². The van der Waals surface area contributed by atoms with Gasteiger partial charge in [0.05, 0.1) is 12.6 Å². The van der Waals surface area contributed by atoms with Gasteiger partial charge in [0, 0.05) is 0 Å². The van der Waals surface area contributed by atoms with Crippen molar-refractivity contribution in [1.82, 2.24) is 0 Å². The van der Waals surface area contributed by atoms with Crippen LogP contribution >= 0.6 is 0 Å². The Morgan fingerprint density at radius 1 is 1.27 bits per heavy atom. The van der Waals surface area contributed by atoms with Crippen LogP contribution in [0.15, 0.2) is 24.3 Å². The lowest BCUT2D eigenvalue weighted by Gasteiger charge is -2.19. The van der Waals surface area contributed by atoms with Crippen LogP contribution in [0, 0.1) is 0 Å². The maximum absolute atomic E-state index is 8.89. The van der Waals surface area contributed by atoms with E-state index in [2.05, 4.69) is 19.6 Å². The van der Waals surface area contributed by atoms with Crippen LogP contribution in [0.1, 0.15) is 11.6 Å². The molecule has 1 aromatic carbocycles. The van der Waals surface area contributed by atoms with E-state index in [1.54, 1.807) is 0 Å². The van der Waals surface area contributed by atoms with Crippen LogP contribution in [0.4, 0.5) is 0 Å². The standard InChI is InChI=1S/C11H19NO2Si/c1-15(2,3)14-10-6-4-9(5-7-10)11(12)8-13/h4-7,11,13H,8,12H2,1-3H3/t11-/m1/s1. The van der Waals surface area contributed by atoms with Gasteiger partial charge in [-0.3, -0.25) is 0 Å². The minimum absolute atomic E-state index is 0.0335. The lowest BCUT2D eigenvalue weighted by molar-refractivity contribution is 0.268. The lowest BCUT2D eigenvalue weighted by Crippen LogP contribution is -2.29. The zero-order valence-electron chi connectivity index (χ0n) is 9.53. The van der Waals surface area contributed by atoms with Gasteiger partial charge in [0.1, 0.15) is 5.75 Å². The van der Waals surface area contributed by atoms with Crippen molar-refractivity contribution in [2.24, 2.45) is 5.73 Å². The number of benzene rings is 1. The molecule has 4 heteroatoms. The third-order valence-corrected chi connectivity index (χ3v) is 2.78. The van der Waals surface area contributed by atoms with E-state index >= 15 is 0 Å². The largest absolute Gasteiger partial charge is 0.544 e. The Morgan fingerprint density at radius 3 is 2.20 bits per heavy atom. The van der Waals surface area contributed by atoms with Crippen LogP contribution in [0.25, 0.3) is 0 Å². The number of hydrogen-bond acceptors (Lipinski definition) is 3. The Balaban J connectivity index is 2.72. The number of hydrogen-bond donors (Lipinski definition) is 2. The van der Waals surface area contributed by atoms with Gasteiger partial charge in [-0.1, -0.05) is 12.1 Å². The van der Waals surface area contributed by atoms with Gasteiger partial charge in [-0.2, -0.15) is 0 Å². The summed E-state index contributed by atoms with van der Waals surface area (Å²) in [6, 6.07) is 7.31. The van der Waals surface area contributed by atoms with Crippen molar-refractivity contribution >= 4 is 8.32 Å². The highest BCUT2D eigenvalue weighted by Gasteiger charge is 2.16. The molecule has 1 atom stereocenters. The van der Waals surface area contributed by atoms with E-state index in [1.165, 1.54) is 0 Å². The van der Waals surface area contributed by atoms with E-state index in [9.17, 15) is 0 Å². The first-order valence-electron chi connectivity index (χ1n) is 5.08. The molecule has 0 heterocycles. The molecule has 3 nitrogen and oxygen atoms in total. The van der Waals surface area contributed by atoms with Gasteiger partial charge in [-0.05, 0) is 37.3 Å². The molecule has 0 aliphatic carbocycles. The SMILES string of the molecule is C[Si](C)(C)Oc1ccc([C@H](N)CO)cc1. The minimum atomic E-state index is -1.53. The second-order valence-electron chi connectivity index (χ2n) is 4.57. The minimum Gasteiger partial charge on any atom is -0.544 e. The van der Waals surface area contributed by atoms with Gasteiger partial charge in [-0.15, -0.1) is 0 Å². The smallest absolute Gasteiger partial charge is 0.242 e. The molecular weight excluding hydrogens is 206 g/mol. The van der Waals surface area contributed by atoms with Gasteiger partial charge in [0.2, 0.25) is 8.32 Å². The van der Waals surface area contributed by atoms with Crippen molar-refractivity contribution in [3.63, 3.8) is 0 Å². The third kappa shape index (κ3) is 4.03. The normalized spacial score (nSPS) is 13.7. The number of nitrogens with two attached hydrogens (primary N) is 1. The van der Waals surface area contributed by atoms with Crippen LogP contribution in [-0.4, -0.2) is 20.0 Å². The van der Waals surface area contributed by atoms with Gasteiger partial charge >= 0.3 is 0 Å². The quantitative estimate of drug-likeness (QED) is 0.769. The first-order valence-corrected chi connectivity index (χ1v) is 8.48. The van der Waals surface area contributed by atoms with E-state index < -0.39 is 8.32 Å². The van der Waals surface area contributed by atoms with Gasteiger partial charge < -0.3 is 15.3 Å². The summed E-state index contributed by atoms with van der Waals surface area (Å²) in [7, 11) is -1.53. The Hall–Kier alpha value is -0.843. The highest BCUT2D eigenvalue weighted by molar-refractivity contribution is 6.70. The molecule has 0 saturated carbocycles. The van der Waals surface area contributed by atoms with Crippen LogP contribution < -0.4 is 10.2 Å². The summed E-state index contributed by atoms with van der Waals surface area (Å²) in [5.41, 5.74) is 6.62. The molecule has 0 unspecified atom stereocenters. The van der Waals surface area contributed by atoms with Crippen molar-refractivity contribution in [2.45, 2.75) is 25.7 Å². The van der Waals surface area contributed by atoms with Crippen molar-refractivity contribution in [2.75, 3.05) is 6.61 Å². The molecule has 15 heavy (non-hydrogen) atoms. The van der Waals surface area contributed by atoms with Crippen LogP contribution in [-0.2, 0) is 0 Å². The average molecular weight is 225 g/mol. The first-order chi connectivity index (χ1) is 6.92. The van der Waals surface area contributed by atoms with E-state index in [0.717, 1.165) is 11.3 Å². The summed E-state index contributed by atoms with van der Waals surface area (Å²) in [5, 5.41) is 8.89. The van der Waals surface area contributed by atoms with Crippen molar-refractivity contribution < 1.29 is 9.53 Å². The highest BCUT2D eigenvalue weighted by atomic mass is 28.4. The molecule has 0 aliphatic heterocycles. The second-order valence-corrected chi connectivity index (χ2v) is 9.00. The molecule has 0 radical (unpaired) electrons. The molecule has 0 amide bonds. The predicted molar refractivity (Wildman–Crippen MR) is 64.4 cm³/mol. The first kappa shape index (κ1) is 12.2. The zero-order chi connectivity index (χ0) is 11.5. The third-order valence-electron chi connectivity index (χ3n) is 1.93. The summed E-state index contributed by atoms with van der Waals surface area (Å²) >= 11 is 0. The summed E-state index contributed by atoms with van der Waals surface area (Å²) in [6.45, 7) is 6.38. The fraction of sp³-hybridized carbons (Fsp3) is 0.455. The Morgan fingerprint density at radius 2 is 1.80 bits per heavy atom. The predicted octanol–water partition coefficient (Wildman–Crippen LogP) is 1.89. The summed E-state index contributed by atoms with van der Waals surface area (Å²) in [6.07, 6.45) is 0. The fourth-order valence-electron chi connectivity index (χ4n) is 1.24. The highest BCUT2D eigenvalue weighted by Crippen LogP contribution is 2.19. The van der Waals surface area contributed by atoms with Crippen LogP contribution in [0.5, 0.6) is 5.75 Å². The lowest BCUT2D eigenvalue weighted by atomic mass is 10.1. The van der Waals surface area contributed by atoms with E-state index in [0.29, 0.717) is 0 Å². The van der Waals surface area contributed by atoms with Crippen LogP contribution in [0.2, 0.25) is 19.6 Å². The van der Waals surface area contributed by atoms with Gasteiger partial charge in [0.25, 0.3) is 0 Å². The van der Waals surface area contributed by atoms with Crippen molar-refractivity contribution in [3.8, 4) is 5.75 Å². The molecule has 0 saturated heterocycles. The second kappa shape index (κ2) is 4.79. The molecule has 0 spiro atoms. The fourth-order valence-corrected chi connectivity index (χ4v) is 2.09. The van der Waals surface area contributed by atoms with E-state index in [-0.39, 0.29) is 12.6 Å². The monoisotopic (exact) mass is 225 g/mol. The zero-order valence-corrected chi connectivity index (χ0v) is 10.5. The molecule has 0 bridgehead atoms. The van der Waals surface area contributed by atoms with E-state index in [1.807, 2.05) is 24.3 Å². The Kier molecular flexibility index (Phi) is 3.90. The molecular formula is C11H19NO2Si. The van der Waals surface area contributed by atoms with Crippen LogP contribution in [0.3, 0.4) is 0 Å². The van der Waals surface area contributed by atoms with Gasteiger partial charge in [-0.25, -0.2) is 0 Å². The maximum atomic E-state index is 8.89. The van der Waals surface area contributed by atoms with Crippen molar-refractivity contribution in [3.05, 3.63) is 29.8 Å². The Bertz CT molecular complexity index is 305. The summed E-state index contributed by atoms with van der Waals surface area (Å²) < 4.78 is 5.81. The molecule has 0 aliphatic rings. The average Bonchev–Trinajstić information content (AvgIpc) is 2.15. The number of aliphatic hydroxyl groups is 1. The molecule has 0 aromatic heterocycles. The molecule has 84 valence electrons. The van der Waals surface area contributed by atoms with Crippen molar-refractivity contribution in [1.29, 1.82) is 0 Å². The molecule has 0 fully saturated rings. The van der Waals surface area contributed by atoms with E-state index in [4.69, 9.17) is 15.3 Å². The topological polar surface area (TPSA) is 55.5 Å². The molecule has 3 N–H and O–H groups in total. The summed E-state index contributed by atoms with van der Waals surface area (Å²) in [5.74, 6) is 0.878. The summed E-state index contributed by atoms with van der Waals surface area (Å²) in [4.78, 5) is 0. The number of rotatable bonds is 4. The maximum Gasteiger partial charge on any atom is 0.242 e. The van der Waals surface area contributed by atoms with Gasteiger partial charge in [0.15, 0.2) is 0 Å². The molecule has 1 aromatic rings. The number of aliphatic hydroxyl groups excluding tert-OH is 1.